The van der Waals surface area contributed by atoms with E-state index in [1.165, 1.54) is 6.07 Å². The molecule has 2 heterocycles. The number of benzene rings is 1. The van der Waals surface area contributed by atoms with Gasteiger partial charge in [-0.05, 0) is 42.3 Å². The number of aryl methyl sites for hydroxylation is 2. The predicted molar refractivity (Wildman–Crippen MR) is 99.3 cm³/mol. The number of nitrogens with zero attached hydrogens (tertiary/aromatic N) is 3. The van der Waals surface area contributed by atoms with Crippen molar-refractivity contribution in [2.24, 2.45) is 5.73 Å². The van der Waals surface area contributed by atoms with Gasteiger partial charge in [0.25, 0.3) is 5.91 Å². The Labute approximate surface area is 156 Å². The minimum absolute atomic E-state index is 0.202. The number of carbonyl (C=O) groups is 2. The van der Waals surface area contributed by atoms with Crippen LogP contribution in [0.3, 0.4) is 0 Å². The Bertz CT molecular complexity index is 924. The number of hydrogen-bond acceptors (Lipinski definition) is 5. The van der Waals surface area contributed by atoms with Crippen molar-refractivity contribution in [3.8, 4) is 5.75 Å². The van der Waals surface area contributed by atoms with Gasteiger partial charge in [0.2, 0.25) is 5.91 Å². The largest absolute Gasteiger partial charge is 0.484 e. The molecule has 0 bridgehead atoms. The Balaban J connectivity index is 1.47. The lowest BCUT2D eigenvalue weighted by molar-refractivity contribution is -0.118. The van der Waals surface area contributed by atoms with Crippen molar-refractivity contribution in [2.45, 2.75) is 13.0 Å². The van der Waals surface area contributed by atoms with Crippen molar-refractivity contribution >= 4 is 17.6 Å². The Hall–Kier alpha value is -3.68. The van der Waals surface area contributed by atoms with Gasteiger partial charge in [0.05, 0.1) is 0 Å². The lowest BCUT2D eigenvalue weighted by Gasteiger charge is -2.07. The second-order valence-electron chi connectivity index (χ2n) is 5.80. The lowest BCUT2D eigenvalue weighted by Crippen LogP contribution is -2.21. The van der Waals surface area contributed by atoms with Gasteiger partial charge in [-0.1, -0.05) is 6.07 Å². The SMILES string of the molecule is NC(=O)c1cccc(OCC(=O)Nc2ccn(CCc3ccncc3)n2)c1. The Kier molecular flexibility index (Phi) is 5.78. The Morgan fingerprint density at radius 2 is 1.96 bits per heavy atom. The summed E-state index contributed by atoms with van der Waals surface area (Å²) in [6, 6.07) is 12.0. The Morgan fingerprint density at radius 3 is 2.74 bits per heavy atom. The second-order valence-corrected chi connectivity index (χ2v) is 5.80. The molecule has 27 heavy (non-hydrogen) atoms. The molecule has 3 rings (SSSR count). The van der Waals surface area contributed by atoms with Crippen LogP contribution < -0.4 is 15.8 Å². The zero-order valence-electron chi connectivity index (χ0n) is 14.5. The molecular formula is C19H19N5O3. The van der Waals surface area contributed by atoms with E-state index in [0.717, 1.165) is 12.0 Å². The summed E-state index contributed by atoms with van der Waals surface area (Å²) in [6.45, 7) is 0.488. The summed E-state index contributed by atoms with van der Waals surface area (Å²) < 4.78 is 7.14. The highest BCUT2D eigenvalue weighted by molar-refractivity contribution is 5.93. The highest BCUT2D eigenvalue weighted by Crippen LogP contribution is 2.13. The molecule has 0 aliphatic carbocycles. The van der Waals surface area contributed by atoms with Gasteiger partial charge >= 0.3 is 0 Å². The van der Waals surface area contributed by atoms with Crippen LogP contribution in [0.1, 0.15) is 15.9 Å². The molecule has 8 heteroatoms. The predicted octanol–water partition coefficient (Wildman–Crippen LogP) is 1.64. The van der Waals surface area contributed by atoms with Crippen molar-refractivity contribution in [2.75, 3.05) is 11.9 Å². The third-order valence-corrected chi connectivity index (χ3v) is 3.78. The summed E-state index contributed by atoms with van der Waals surface area (Å²) in [5, 5.41) is 6.98. The van der Waals surface area contributed by atoms with Crippen LogP contribution in [-0.4, -0.2) is 33.2 Å². The van der Waals surface area contributed by atoms with Crippen LogP contribution in [0.15, 0.2) is 61.1 Å². The second kappa shape index (κ2) is 8.61. The number of amides is 2. The van der Waals surface area contributed by atoms with Crippen LogP contribution in [0, 0.1) is 0 Å². The fourth-order valence-electron chi connectivity index (χ4n) is 2.41. The minimum Gasteiger partial charge on any atom is -0.484 e. The first kappa shape index (κ1) is 18.1. The highest BCUT2D eigenvalue weighted by atomic mass is 16.5. The molecule has 138 valence electrons. The summed E-state index contributed by atoms with van der Waals surface area (Å²) in [6.07, 6.45) is 6.12. The fraction of sp³-hybridized carbons (Fsp3) is 0.158. The molecule has 0 aliphatic rings. The first-order valence-corrected chi connectivity index (χ1v) is 8.35. The van der Waals surface area contributed by atoms with Crippen molar-refractivity contribution in [1.29, 1.82) is 0 Å². The molecule has 0 unspecified atom stereocenters. The van der Waals surface area contributed by atoms with E-state index in [9.17, 15) is 9.59 Å². The average molecular weight is 365 g/mol. The third kappa shape index (κ3) is 5.40. The maximum Gasteiger partial charge on any atom is 0.263 e. The molecule has 3 aromatic rings. The lowest BCUT2D eigenvalue weighted by atomic mass is 10.2. The van der Waals surface area contributed by atoms with Crippen LogP contribution >= 0.6 is 0 Å². The number of pyridine rings is 1. The molecule has 0 saturated carbocycles. The van der Waals surface area contributed by atoms with Gasteiger partial charge in [0.15, 0.2) is 12.4 Å². The number of rotatable bonds is 8. The molecule has 0 spiro atoms. The van der Waals surface area contributed by atoms with Gasteiger partial charge in [-0.15, -0.1) is 0 Å². The van der Waals surface area contributed by atoms with Crippen LogP contribution in [0.5, 0.6) is 5.75 Å². The standard InChI is InChI=1S/C19H19N5O3/c20-19(26)15-2-1-3-16(12-15)27-13-18(25)22-17-7-11-24(23-17)10-6-14-4-8-21-9-5-14/h1-5,7-9,11-12H,6,10,13H2,(H2,20,26)(H,22,23,25). The van der Waals surface area contributed by atoms with Gasteiger partial charge in [-0.2, -0.15) is 5.10 Å². The zero-order chi connectivity index (χ0) is 19.1. The van der Waals surface area contributed by atoms with Crippen LogP contribution in [0.25, 0.3) is 0 Å². The van der Waals surface area contributed by atoms with Gasteiger partial charge in [0.1, 0.15) is 5.75 Å². The van der Waals surface area contributed by atoms with E-state index in [-0.39, 0.29) is 12.5 Å². The molecule has 0 fully saturated rings. The van der Waals surface area contributed by atoms with Crippen LogP contribution in [0.4, 0.5) is 5.82 Å². The number of ether oxygens (including phenoxy) is 1. The van der Waals surface area contributed by atoms with E-state index in [1.807, 2.05) is 12.1 Å². The third-order valence-electron chi connectivity index (χ3n) is 3.78. The number of hydrogen-bond donors (Lipinski definition) is 2. The van der Waals surface area contributed by atoms with Gasteiger partial charge in [-0.25, -0.2) is 0 Å². The van der Waals surface area contributed by atoms with Crippen molar-refractivity contribution in [1.82, 2.24) is 14.8 Å². The first-order valence-electron chi connectivity index (χ1n) is 8.35. The van der Waals surface area contributed by atoms with Crippen molar-refractivity contribution in [3.05, 3.63) is 72.2 Å². The van der Waals surface area contributed by atoms with Gasteiger partial charge in [0, 0.05) is 36.8 Å². The summed E-state index contributed by atoms with van der Waals surface area (Å²) in [5.41, 5.74) is 6.70. The molecule has 0 atom stereocenters. The normalized spacial score (nSPS) is 10.4. The molecule has 2 aromatic heterocycles. The van der Waals surface area contributed by atoms with Crippen molar-refractivity contribution < 1.29 is 14.3 Å². The van der Waals surface area contributed by atoms with Gasteiger partial charge in [-0.3, -0.25) is 19.3 Å². The molecule has 0 saturated heterocycles. The molecule has 0 radical (unpaired) electrons. The number of aromatic nitrogens is 3. The first-order chi connectivity index (χ1) is 13.1. The Morgan fingerprint density at radius 1 is 1.15 bits per heavy atom. The monoisotopic (exact) mass is 365 g/mol. The number of nitrogens with one attached hydrogen (secondary N) is 1. The van der Waals surface area contributed by atoms with Crippen LogP contribution in [0.2, 0.25) is 0 Å². The fourth-order valence-corrected chi connectivity index (χ4v) is 2.41. The number of nitrogens with two attached hydrogens (primary N) is 1. The summed E-state index contributed by atoms with van der Waals surface area (Å²) in [7, 11) is 0. The smallest absolute Gasteiger partial charge is 0.263 e. The number of primary amides is 1. The average Bonchev–Trinajstić information content (AvgIpc) is 3.13. The summed E-state index contributed by atoms with van der Waals surface area (Å²) >= 11 is 0. The van der Waals surface area contributed by atoms with Crippen LogP contribution in [-0.2, 0) is 17.8 Å². The summed E-state index contributed by atoms with van der Waals surface area (Å²) in [4.78, 5) is 27.1. The van der Waals surface area contributed by atoms with Crippen molar-refractivity contribution in [3.63, 3.8) is 0 Å². The topological polar surface area (TPSA) is 112 Å². The van der Waals surface area contributed by atoms with Gasteiger partial charge < -0.3 is 15.8 Å². The maximum atomic E-state index is 12.0. The molecule has 3 N–H and O–H groups in total. The van der Waals surface area contributed by atoms with E-state index < -0.39 is 5.91 Å². The highest BCUT2D eigenvalue weighted by Gasteiger charge is 2.08. The molecule has 0 aliphatic heterocycles. The van der Waals surface area contributed by atoms with E-state index in [4.69, 9.17) is 10.5 Å². The zero-order valence-corrected chi connectivity index (χ0v) is 14.5. The van der Waals surface area contributed by atoms with E-state index in [2.05, 4.69) is 15.4 Å². The molecular weight excluding hydrogens is 346 g/mol. The number of carbonyl (C=O) groups excluding carboxylic acids is 2. The molecule has 8 nitrogen and oxygen atoms in total. The quantitative estimate of drug-likeness (QED) is 0.630. The van der Waals surface area contributed by atoms with E-state index in [1.54, 1.807) is 47.5 Å². The minimum atomic E-state index is -0.554. The summed E-state index contributed by atoms with van der Waals surface area (Å²) in [5.74, 6) is -0.0605. The molecule has 1 aromatic carbocycles. The molecule has 2 amide bonds. The van der Waals surface area contributed by atoms with E-state index >= 15 is 0 Å². The van der Waals surface area contributed by atoms with E-state index in [0.29, 0.717) is 23.7 Å². The maximum absolute atomic E-state index is 12.0. The number of anilines is 1.